The Bertz CT molecular complexity index is 368. The third-order valence-electron chi connectivity index (χ3n) is 4.40. The Labute approximate surface area is 109 Å². The van der Waals surface area contributed by atoms with Crippen LogP contribution < -0.4 is 5.73 Å². The molecule has 0 aliphatic carbocycles. The molecule has 1 aromatic heterocycles. The molecule has 96 valence electrons. The summed E-state index contributed by atoms with van der Waals surface area (Å²) in [5.41, 5.74) is 8.04. The molecule has 0 amide bonds. The van der Waals surface area contributed by atoms with Crippen LogP contribution in [-0.2, 0) is 0 Å². The van der Waals surface area contributed by atoms with Crippen molar-refractivity contribution in [2.45, 2.75) is 51.6 Å². The summed E-state index contributed by atoms with van der Waals surface area (Å²) in [5.74, 6) is 0. The van der Waals surface area contributed by atoms with Crippen LogP contribution in [0.4, 0.5) is 0 Å². The maximum Gasteiger partial charge on any atom is 0.0576 e. The van der Waals surface area contributed by atoms with Gasteiger partial charge in [-0.1, -0.05) is 6.92 Å². The predicted octanol–water partition coefficient (Wildman–Crippen LogP) is 3.32. The van der Waals surface area contributed by atoms with Crippen molar-refractivity contribution in [2.75, 3.05) is 13.1 Å². The van der Waals surface area contributed by atoms with Crippen LogP contribution in [0.3, 0.4) is 0 Å². The molecule has 1 fully saturated rings. The van der Waals surface area contributed by atoms with Crippen LogP contribution in [0, 0.1) is 6.92 Å². The van der Waals surface area contributed by atoms with Crippen molar-refractivity contribution in [1.29, 1.82) is 0 Å². The molecule has 1 aliphatic rings. The van der Waals surface area contributed by atoms with Crippen LogP contribution in [0.2, 0.25) is 0 Å². The highest BCUT2D eigenvalue weighted by molar-refractivity contribution is 7.10. The van der Waals surface area contributed by atoms with Gasteiger partial charge in [0.2, 0.25) is 0 Å². The Morgan fingerprint density at radius 3 is 2.59 bits per heavy atom. The van der Waals surface area contributed by atoms with Crippen LogP contribution in [0.15, 0.2) is 11.4 Å². The molecule has 1 aromatic rings. The van der Waals surface area contributed by atoms with Gasteiger partial charge >= 0.3 is 0 Å². The van der Waals surface area contributed by atoms with Crippen LogP contribution in [0.5, 0.6) is 0 Å². The zero-order chi connectivity index (χ0) is 12.5. The van der Waals surface area contributed by atoms with Crippen LogP contribution in [0.1, 0.15) is 49.6 Å². The molecule has 3 heteroatoms. The van der Waals surface area contributed by atoms with Gasteiger partial charge in [-0.3, -0.25) is 4.90 Å². The van der Waals surface area contributed by atoms with Crippen LogP contribution >= 0.6 is 11.3 Å². The van der Waals surface area contributed by atoms with E-state index in [1.54, 1.807) is 0 Å². The van der Waals surface area contributed by atoms with Crippen LogP contribution in [-0.4, -0.2) is 23.5 Å². The largest absolute Gasteiger partial charge is 0.322 e. The topological polar surface area (TPSA) is 29.3 Å². The van der Waals surface area contributed by atoms with Crippen molar-refractivity contribution >= 4 is 11.3 Å². The molecule has 2 nitrogen and oxygen atoms in total. The molecule has 1 saturated heterocycles. The van der Waals surface area contributed by atoms with E-state index in [0.717, 1.165) is 6.42 Å². The highest BCUT2D eigenvalue weighted by Crippen LogP contribution is 2.37. The summed E-state index contributed by atoms with van der Waals surface area (Å²) < 4.78 is 0. The van der Waals surface area contributed by atoms with Gasteiger partial charge in [0, 0.05) is 10.4 Å². The van der Waals surface area contributed by atoms with Crippen molar-refractivity contribution in [3.05, 3.63) is 21.9 Å². The molecule has 1 aliphatic heterocycles. The number of likely N-dealkylation sites (tertiary alicyclic amines) is 1. The minimum Gasteiger partial charge on any atom is -0.322 e. The molecule has 0 radical (unpaired) electrons. The van der Waals surface area contributed by atoms with E-state index in [9.17, 15) is 0 Å². The molecule has 17 heavy (non-hydrogen) atoms. The van der Waals surface area contributed by atoms with Crippen molar-refractivity contribution in [3.63, 3.8) is 0 Å². The average molecular weight is 252 g/mol. The number of hydrogen-bond acceptors (Lipinski definition) is 3. The minimum atomic E-state index is 0.117. The Morgan fingerprint density at radius 2 is 2.12 bits per heavy atom. The number of nitrogens with zero attached hydrogens (tertiary/aromatic N) is 1. The second kappa shape index (κ2) is 5.09. The van der Waals surface area contributed by atoms with E-state index in [-0.39, 0.29) is 11.6 Å². The minimum absolute atomic E-state index is 0.117. The summed E-state index contributed by atoms with van der Waals surface area (Å²) in [4.78, 5) is 3.96. The first-order chi connectivity index (χ1) is 8.09. The van der Waals surface area contributed by atoms with Gasteiger partial charge in [-0.25, -0.2) is 0 Å². The molecule has 2 atom stereocenters. The molecule has 0 aromatic carbocycles. The zero-order valence-electron chi connectivity index (χ0n) is 11.2. The van der Waals surface area contributed by atoms with E-state index in [4.69, 9.17) is 5.73 Å². The summed E-state index contributed by atoms with van der Waals surface area (Å²) in [5, 5.41) is 2.16. The standard InChI is InChI=1S/C14H24N2S/c1-4-14(3,16-8-5-6-9-16)13(15)12-11(2)7-10-17-12/h7,10,13H,4-6,8-9,15H2,1-3H3. The molecular weight excluding hydrogens is 228 g/mol. The monoisotopic (exact) mass is 252 g/mol. The molecule has 0 spiro atoms. The van der Waals surface area contributed by atoms with E-state index in [2.05, 4.69) is 37.1 Å². The smallest absolute Gasteiger partial charge is 0.0576 e. The fraction of sp³-hybridized carbons (Fsp3) is 0.714. The van der Waals surface area contributed by atoms with Crippen LogP contribution in [0.25, 0.3) is 0 Å². The average Bonchev–Trinajstić information content (AvgIpc) is 2.97. The third kappa shape index (κ3) is 2.28. The highest BCUT2D eigenvalue weighted by atomic mass is 32.1. The summed E-state index contributed by atoms with van der Waals surface area (Å²) in [6, 6.07) is 2.32. The van der Waals surface area contributed by atoms with Gasteiger partial charge < -0.3 is 5.73 Å². The molecule has 2 unspecified atom stereocenters. The Kier molecular flexibility index (Phi) is 3.91. The van der Waals surface area contributed by atoms with E-state index < -0.39 is 0 Å². The number of nitrogens with two attached hydrogens (primary N) is 1. The van der Waals surface area contributed by atoms with E-state index in [1.807, 2.05) is 11.3 Å². The maximum absolute atomic E-state index is 6.58. The lowest BCUT2D eigenvalue weighted by Gasteiger charge is -2.42. The summed E-state index contributed by atoms with van der Waals surface area (Å²) in [6.45, 7) is 9.19. The predicted molar refractivity (Wildman–Crippen MR) is 75.5 cm³/mol. The van der Waals surface area contributed by atoms with E-state index in [0.29, 0.717) is 0 Å². The molecule has 2 rings (SSSR count). The SMILES string of the molecule is CCC(C)(C(N)c1sccc1C)N1CCCC1. The fourth-order valence-corrected chi connectivity index (χ4v) is 3.93. The van der Waals surface area contributed by atoms with E-state index >= 15 is 0 Å². The van der Waals surface area contributed by atoms with Crippen molar-refractivity contribution in [2.24, 2.45) is 5.73 Å². The Balaban J connectivity index is 2.25. The molecule has 2 N–H and O–H groups in total. The van der Waals surface area contributed by atoms with Gasteiger partial charge in [0.15, 0.2) is 0 Å². The number of thiophene rings is 1. The molecule has 2 heterocycles. The summed E-state index contributed by atoms with van der Waals surface area (Å²) >= 11 is 1.81. The molecule has 0 saturated carbocycles. The first kappa shape index (κ1) is 13.1. The second-order valence-electron chi connectivity index (χ2n) is 5.35. The van der Waals surface area contributed by atoms with Gasteiger partial charge in [-0.05, 0) is 63.2 Å². The molecular formula is C14H24N2S. The Hall–Kier alpha value is -0.380. The second-order valence-corrected chi connectivity index (χ2v) is 6.30. The summed E-state index contributed by atoms with van der Waals surface area (Å²) in [6.07, 6.45) is 3.77. The lowest BCUT2D eigenvalue weighted by molar-refractivity contribution is 0.101. The third-order valence-corrected chi connectivity index (χ3v) is 5.50. The van der Waals surface area contributed by atoms with Gasteiger partial charge in [0.25, 0.3) is 0 Å². The van der Waals surface area contributed by atoms with Gasteiger partial charge in [0.1, 0.15) is 0 Å². The summed E-state index contributed by atoms with van der Waals surface area (Å²) in [7, 11) is 0. The van der Waals surface area contributed by atoms with Crippen molar-refractivity contribution in [3.8, 4) is 0 Å². The lowest BCUT2D eigenvalue weighted by atomic mass is 9.86. The van der Waals surface area contributed by atoms with E-state index in [1.165, 1.54) is 36.4 Å². The lowest BCUT2D eigenvalue weighted by Crippen LogP contribution is -2.51. The quantitative estimate of drug-likeness (QED) is 0.890. The molecule has 0 bridgehead atoms. The number of aryl methyl sites for hydroxylation is 1. The van der Waals surface area contributed by atoms with Crippen molar-refractivity contribution in [1.82, 2.24) is 4.90 Å². The first-order valence-corrected chi connectivity index (χ1v) is 7.52. The first-order valence-electron chi connectivity index (χ1n) is 6.64. The fourth-order valence-electron chi connectivity index (χ4n) is 2.85. The zero-order valence-corrected chi connectivity index (χ0v) is 12.0. The maximum atomic E-state index is 6.58. The van der Waals surface area contributed by atoms with Gasteiger partial charge in [0.05, 0.1) is 6.04 Å². The Morgan fingerprint density at radius 1 is 1.47 bits per heavy atom. The number of rotatable bonds is 4. The normalized spacial score (nSPS) is 22.6. The highest BCUT2D eigenvalue weighted by Gasteiger charge is 2.39. The van der Waals surface area contributed by atoms with Gasteiger partial charge in [-0.15, -0.1) is 11.3 Å². The number of hydrogen-bond donors (Lipinski definition) is 1. The van der Waals surface area contributed by atoms with Gasteiger partial charge in [-0.2, -0.15) is 0 Å². The van der Waals surface area contributed by atoms with Crippen molar-refractivity contribution < 1.29 is 0 Å².